The van der Waals surface area contributed by atoms with Crippen molar-refractivity contribution in [3.63, 3.8) is 0 Å². The van der Waals surface area contributed by atoms with Gasteiger partial charge in [0.25, 0.3) is 10.0 Å². The maximum atomic E-state index is 13.7. The van der Waals surface area contributed by atoms with Gasteiger partial charge >= 0.3 is 12.1 Å². The van der Waals surface area contributed by atoms with Gasteiger partial charge in [-0.2, -0.15) is 18.4 Å². The second kappa shape index (κ2) is 11.1. The number of aromatic nitrogens is 1. The number of hydrogen-bond acceptors (Lipinski definition) is 7. The third-order valence-corrected chi connectivity index (χ3v) is 7.28. The summed E-state index contributed by atoms with van der Waals surface area (Å²) in [6, 6.07) is 12.4. The minimum Gasteiger partial charge on any atom is -0.480 e. The van der Waals surface area contributed by atoms with Gasteiger partial charge in [-0.15, -0.1) is 0 Å². The number of para-hydroxylation sites is 1. The number of anilines is 1. The van der Waals surface area contributed by atoms with Crippen LogP contribution in [0.2, 0.25) is 5.02 Å². The second-order valence-electron chi connectivity index (χ2n) is 9.19. The van der Waals surface area contributed by atoms with Crippen LogP contribution in [0.3, 0.4) is 0 Å². The van der Waals surface area contributed by atoms with Crippen LogP contribution < -0.4 is 9.04 Å². The van der Waals surface area contributed by atoms with Crippen LogP contribution in [0.25, 0.3) is 11.1 Å². The highest BCUT2D eigenvalue weighted by Gasteiger charge is 2.34. The van der Waals surface area contributed by atoms with E-state index in [-0.39, 0.29) is 21.9 Å². The Labute approximate surface area is 228 Å². The molecule has 0 amide bonds. The summed E-state index contributed by atoms with van der Waals surface area (Å²) in [4.78, 5) is 15.2. The predicted octanol–water partition coefficient (Wildman–Crippen LogP) is 5.84. The van der Waals surface area contributed by atoms with Gasteiger partial charge in [-0.25, -0.2) is 13.2 Å². The number of carbonyl (C=O) groups is 1. The van der Waals surface area contributed by atoms with Gasteiger partial charge in [-0.05, 0) is 45.0 Å². The number of nitrogens with zero attached hydrogens (tertiary/aromatic N) is 3. The van der Waals surface area contributed by atoms with Crippen LogP contribution in [0, 0.1) is 11.3 Å². The van der Waals surface area contributed by atoms with Gasteiger partial charge in [0.1, 0.15) is 21.9 Å². The number of carbonyl (C=O) groups excluding carboxylic acids is 1. The Bertz CT molecular complexity index is 1530. The third-order valence-electron chi connectivity index (χ3n) is 5.16. The van der Waals surface area contributed by atoms with E-state index >= 15 is 0 Å². The molecular formula is C26H23ClF3N3O5S. The molecule has 206 valence electrons. The number of pyridine rings is 1. The largest absolute Gasteiger partial charge is 0.480 e. The monoisotopic (exact) mass is 581 g/mol. The molecule has 0 aliphatic heterocycles. The quantitative estimate of drug-likeness (QED) is 0.322. The smallest absolute Gasteiger partial charge is 0.433 e. The maximum absolute atomic E-state index is 13.7. The van der Waals surface area contributed by atoms with Gasteiger partial charge in [-0.1, -0.05) is 29.8 Å². The number of alkyl halides is 3. The van der Waals surface area contributed by atoms with Crippen LogP contribution in [0.15, 0.2) is 59.6 Å². The maximum Gasteiger partial charge on any atom is 0.433 e. The van der Waals surface area contributed by atoms with Crippen molar-refractivity contribution in [2.75, 3.05) is 18.0 Å². The second-order valence-corrected chi connectivity index (χ2v) is 11.5. The van der Waals surface area contributed by atoms with E-state index in [9.17, 15) is 31.6 Å². The number of hydrogen-bond donors (Lipinski definition) is 0. The Balaban J connectivity index is 2.18. The molecule has 1 aromatic heterocycles. The first-order valence-electron chi connectivity index (χ1n) is 11.2. The van der Waals surface area contributed by atoms with Crippen molar-refractivity contribution >= 4 is 33.3 Å². The van der Waals surface area contributed by atoms with Gasteiger partial charge in [-0.3, -0.25) is 9.29 Å². The van der Waals surface area contributed by atoms with Gasteiger partial charge < -0.3 is 9.47 Å². The molecule has 1 heterocycles. The fourth-order valence-corrected chi connectivity index (χ4v) is 4.99. The lowest BCUT2D eigenvalue weighted by Gasteiger charge is -2.23. The van der Waals surface area contributed by atoms with Crippen LogP contribution in [0.5, 0.6) is 5.75 Å². The first-order chi connectivity index (χ1) is 18.0. The summed E-state index contributed by atoms with van der Waals surface area (Å²) in [6.07, 6.45) is -4.01. The number of esters is 1. The van der Waals surface area contributed by atoms with E-state index in [4.69, 9.17) is 21.1 Å². The molecular weight excluding hydrogens is 559 g/mol. The predicted molar refractivity (Wildman–Crippen MR) is 138 cm³/mol. The molecule has 0 fully saturated rings. The van der Waals surface area contributed by atoms with Crippen LogP contribution in [-0.2, 0) is 25.7 Å². The molecule has 0 radical (unpaired) electrons. The van der Waals surface area contributed by atoms with Crippen molar-refractivity contribution in [1.29, 1.82) is 5.26 Å². The number of halogens is 4. The molecule has 3 aromatic rings. The normalized spacial score (nSPS) is 12.0. The van der Waals surface area contributed by atoms with Crippen molar-refractivity contribution in [1.82, 2.24) is 4.98 Å². The highest BCUT2D eigenvalue weighted by molar-refractivity contribution is 7.93. The number of sulfonamides is 1. The molecule has 39 heavy (non-hydrogen) atoms. The lowest BCUT2D eigenvalue weighted by molar-refractivity contribution is -0.157. The standard InChI is InChI=1S/C26H23ClF3N3O5S/c1-25(2,3)38-24(34)15-37-21-12-20(27)18(19-14-32-23(26(28,29)30)10-16(19)13-31)11-22(21)39(35,36)33(4)17-8-6-5-7-9-17/h5-12,14H,15H2,1-4H3. The van der Waals surface area contributed by atoms with E-state index in [0.29, 0.717) is 11.8 Å². The summed E-state index contributed by atoms with van der Waals surface area (Å²) in [7, 11) is -3.10. The van der Waals surface area contributed by atoms with Crippen molar-refractivity contribution in [3.05, 3.63) is 71.0 Å². The average Bonchev–Trinajstić information content (AvgIpc) is 2.85. The van der Waals surface area contributed by atoms with E-state index in [1.54, 1.807) is 57.2 Å². The average molecular weight is 582 g/mol. The molecule has 0 spiro atoms. The fourth-order valence-electron chi connectivity index (χ4n) is 3.41. The van der Waals surface area contributed by atoms with Crippen LogP contribution >= 0.6 is 11.6 Å². The van der Waals surface area contributed by atoms with Gasteiger partial charge in [0.15, 0.2) is 6.61 Å². The Hall–Kier alpha value is -3.82. The molecule has 3 rings (SSSR count). The van der Waals surface area contributed by atoms with E-state index in [2.05, 4.69) is 4.98 Å². The third kappa shape index (κ3) is 6.99. The van der Waals surface area contributed by atoms with E-state index in [0.717, 1.165) is 22.6 Å². The van der Waals surface area contributed by atoms with Crippen molar-refractivity contribution in [2.24, 2.45) is 0 Å². The zero-order valence-corrected chi connectivity index (χ0v) is 22.8. The van der Waals surface area contributed by atoms with Gasteiger partial charge in [0, 0.05) is 30.4 Å². The van der Waals surface area contributed by atoms with Crippen molar-refractivity contribution in [3.8, 4) is 22.9 Å². The van der Waals surface area contributed by atoms with Gasteiger partial charge in [0.2, 0.25) is 0 Å². The Morgan fingerprint density at radius 3 is 2.31 bits per heavy atom. The molecule has 0 unspecified atom stereocenters. The zero-order chi connectivity index (χ0) is 29.2. The molecule has 0 atom stereocenters. The van der Waals surface area contributed by atoms with Gasteiger partial charge in [0.05, 0.1) is 22.3 Å². The first-order valence-corrected chi connectivity index (χ1v) is 13.1. The van der Waals surface area contributed by atoms with Crippen molar-refractivity contribution < 1.29 is 35.9 Å². The van der Waals surface area contributed by atoms with Crippen LogP contribution in [-0.4, -0.2) is 38.6 Å². The zero-order valence-electron chi connectivity index (χ0n) is 21.2. The SMILES string of the molecule is CN(c1ccccc1)S(=O)(=O)c1cc(-c2cnc(C(F)(F)F)cc2C#N)c(Cl)cc1OCC(=O)OC(C)(C)C. The lowest BCUT2D eigenvalue weighted by Crippen LogP contribution is -2.29. The Kier molecular flexibility index (Phi) is 8.47. The van der Waals surface area contributed by atoms with Crippen LogP contribution in [0.4, 0.5) is 18.9 Å². The lowest BCUT2D eigenvalue weighted by atomic mass is 10.0. The molecule has 0 N–H and O–H groups in total. The summed E-state index contributed by atoms with van der Waals surface area (Å²) >= 11 is 6.40. The summed E-state index contributed by atoms with van der Waals surface area (Å²) in [5.74, 6) is -1.09. The first kappa shape index (κ1) is 29.7. The molecule has 0 saturated carbocycles. The summed E-state index contributed by atoms with van der Waals surface area (Å²) in [5.41, 5.74) is -2.48. The van der Waals surface area contributed by atoms with Crippen LogP contribution in [0.1, 0.15) is 32.0 Å². The minimum absolute atomic E-state index is 0.0842. The highest BCUT2D eigenvalue weighted by atomic mass is 35.5. The highest BCUT2D eigenvalue weighted by Crippen LogP contribution is 2.40. The molecule has 0 bridgehead atoms. The summed E-state index contributed by atoms with van der Waals surface area (Å²) < 4.78 is 78.6. The topological polar surface area (TPSA) is 110 Å². The number of ether oxygens (including phenoxy) is 2. The minimum atomic E-state index is -4.81. The number of nitriles is 1. The summed E-state index contributed by atoms with van der Waals surface area (Å²) in [5, 5.41) is 9.37. The van der Waals surface area contributed by atoms with E-state index in [1.807, 2.05) is 0 Å². The fraction of sp³-hybridized carbons (Fsp3) is 0.269. The summed E-state index contributed by atoms with van der Waals surface area (Å²) in [6.45, 7) is 4.28. The molecule has 2 aromatic carbocycles. The molecule has 0 aliphatic carbocycles. The number of rotatable bonds is 7. The molecule has 0 aliphatic rings. The Morgan fingerprint density at radius 2 is 1.74 bits per heavy atom. The Morgan fingerprint density at radius 1 is 1.10 bits per heavy atom. The molecule has 0 saturated heterocycles. The van der Waals surface area contributed by atoms with E-state index in [1.165, 1.54) is 7.05 Å². The van der Waals surface area contributed by atoms with E-state index < -0.39 is 50.5 Å². The van der Waals surface area contributed by atoms with Crippen molar-refractivity contribution in [2.45, 2.75) is 37.4 Å². The molecule has 8 nitrogen and oxygen atoms in total. The number of benzene rings is 2. The molecule has 13 heteroatoms.